The molecule has 0 aromatic heterocycles. The zero-order chi connectivity index (χ0) is 31.7. The molecule has 43 heavy (non-hydrogen) atoms. The molecule has 2 aliphatic heterocycles. The van der Waals surface area contributed by atoms with Gasteiger partial charge >= 0.3 is 0 Å². The number of hydrogen-bond donors (Lipinski definition) is 11. The normalized spacial score (nSPS) is 44.6. The number of aliphatic hydroxyl groups is 4. The van der Waals surface area contributed by atoms with Gasteiger partial charge in [0.25, 0.3) is 5.91 Å². The third-order valence-electron chi connectivity index (χ3n) is 8.44. The Balaban J connectivity index is 1.54. The van der Waals surface area contributed by atoms with Crippen LogP contribution in [0.25, 0.3) is 0 Å². The molecular weight excluding hydrogens is 568 g/mol. The van der Waals surface area contributed by atoms with Crippen molar-refractivity contribution in [3.05, 3.63) is 11.8 Å². The van der Waals surface area contributed by atoms with Gasteiger partial charge in [0.15, 0.2) is 17.9 Å². The number of nitrogens with one attached hydrogen (secondary N) is 3. The number of guanidine groups is 1. The van der Waals surface area contributed by atoms with E-state index in [1.54, 1.807) is 7.05 Å². The predicted molar refractivity (Wildman–Crippen MR) is 153 cm³/mol. The minimum Gasteiger partial charge on any atom is -0.467 e. The van der Waals surface area contributed by atoms with E-state index in [4.69, 9.17) is 41.9 Å². The number of likely N-dealkylation sites (N-methyl/N-ethyl adjacent to an activating group) is 2. The van der Waals surface area contributed by atoms with Gasteiger partial charge in [-0.05, 0) is 39.4 Å². The van der Waals surface area contributed by atoms with E-state index in [1.165, 1.54) is 6.92 Å². The average Bonchev–Trinajstić information content (AvgIpc) is 3.59. The zero-order valence-electron chi connectivity index (χ0n) is 24.8. The summed E-state index contributed by atoms with van der Waals surface area (Å²) >= 11 is 0. The Labute approximate surface area is 250 Å². The molecule has 4 aliphatic rings. The number of nitrogens with two attached hydrogens (primary N) is 4. The molecule has 0 spiro atoms. The number of carbonyl (C=O) groups excluding carboxylic acids is 1. The minimum atomic E-state index is -1.86. The van der Waals surface area contributed by atoms with Crippen LogP contribution in [0.1, 0.15) is 33.1 Å². The zero-order valence-corrected chi connectivity index (χ0v) is 24.8. The third kappa shape index (κ3) is 7.39. The van der Waals surface area contributed by atoms with Crippen molar-refractivity contribution in [2.75, 3.05) is 26.7 Å². The predicted octanol–water partition coefficient (Wildman–Crippen LogP) is -5.27. The number of ether oxygens (including phenoxy) is 4. The van der Waals surface area contributed by atoms with Gasteiger partial charge in [0.1, 0.15) is 35.8 Å². The Morgan fingerprint density at radius 2 is 1.84 bits per heavy atom. The molecule has 15 N–H and O–H groups in total. The lowest BCUT2D eigenvalue weighted by molar-refractivity contribution is -0.304. The molecule has 13 atom stereocenters. The first-order chi connectivity index (χ1) is 20.2. The number of amides is 1. The van der Waals surface area contributed by atoms with Crippen molar-refractivity contribution in [3.8, 4) is 0 Å². The lowest BCUT2D eigenvalue weighted by Gasteiger charge is -2.49. The Hall–Kier alpha value is -2.16. The van der Waals surface area contributed by atoms with Crippen molar-refractivity contribution in [1.82, 2.24) is 16.0 Å². The van der Waals surface area contributed by atoms with Gasteiger partial charge in [0, 0.05) is 12.5 Å². The second-order valence-electron chi connectivity index (χ2n) is 12.0. The van der Waals surface area contributed by atoms with Crippen molar-refractivity contribution in [3.63, 3.8) is 0 Å². The van der Waals surface area contributed by atoms with Crippen LogP contribution >= 0.6 is 0 Å². The van der Waals surface area contributed by atoms with E-state index in [0.717, 1.165) is 6.54 Å². The Kier molecular flexibility index (Phi) is 10.6. The Morgan fingerprint density at radius 3 is 2.49 bits per heavy atom. The van der Waals surface area contributed by atoms with E-state index in [2.05, 4.69) is 20.9 Å². The molecule has 0 aromatic carbocycles. The van der Waals surface area contributed by atoms with Gasteiger partial charge in [-0.3, -0.25) is 4.79 Å². The van der Waals surface area contributed by atoms with Gasteiger partial charge < -0.3 is 78.3 Å². The lowest BCUT2D eigenvalue weighted by Crippen LogP contribution is -2.69. The van der Waals surface area contributed by atoms with E-state index in [9.17, 15) is 25.2 Å². The van der Waals surface area contributed by atoms with Gasteiger partial charge in [-0.2, -0.15) is 0 Å². The fourth-order valence-corrected chi connectivity index (χ4v) is 5.87. The second kappa shape index (κ2) is 13.5. The van der Waals surface area contributed by atoms with Crippen molar-refractivity contribution < 1.29 is 44.2 Å². The second-order valence-corrected chi connectivity index (χ2v) is 12.0. The molecule has 1 amide bonds. The summed E-state index contributed by atoms with van der Waals surface area (Å²) in [4.78, 5) is 17.0. The van der Waals surface area contributed by atoms with Crippen molar-refractivity contribution in [2.24, 2.45) is 27.9 Å². The number of aliphatic imine (C=N–C) groups is 1. The Bertz CT molecular complexity index is 1050. The standard InChI is InChI=1S/C26H48N8O9/c1-4-32-9-11-5-6-12(27)21(41-11)42-18-13(28)7-14(33-23(37)26(39)8-15(26)34-24(29)30)19(16(18)35)43-22-17(36)20(31-3)25(2,38)10-40-22/h5,12-22,31-32,35-36,38-39H,4,6-10,27-28H2,1-3H3,(H,33,37)(H4,29,30,34). The maximum absolute atomic E-state index is 13.2. The molecule has 13 unspecified atom stereocenters. The highest BCUT2D eigenvalue weighted by Gasteiger charge is 2.61. The molecule has 17 heteroatoms. The number of aliphatic hydroxyl groups excluding tert-OH is 2. The molecule has 0 radical (unpaired) electrons. The summed E-state index contributed by atoms with van der Waals surface area (Å²) in [5, 5.41) is 52.8. The highest BCUT2D eigenvalue weighted by Crippen LogP contribution is 2.40. The van der Waals surface area contributed by atoms with Crippen molar-refractivity contribution in [1.29, 1.82) is 0 Å². The molecule has 246 valence electrons. The van der Waals surface area contributed by atoms with E-state index in [1.807, 2.05) is 13.0 Å². The molecule has 2 heterocycles. The molecule has 17 nitrogen and oxygen atoms in total. The van der Waals surface area contributed by atoms with Crippen LogP contribution < -0.4 is 38.9 Å². The summed E-state index contributed by atoms with van der Waals surface area (Å²) in [6.45, 7) is 4.48. The first-order valence-electron chi connectivity index (χ1n) is 14.6. The van der Waals surface area contributed by atoms with Crippen molar-refractivity contribution in [2.45, 2.75) is 112 Å². The summed E-state index contributed by atoms with van der Waals surface area (Å²) in [5.41, 5.74) is 20.3. The molecule has 0 aromatic rings. The molecule has 2 saturated carbocycles. The molecule has 1 saturated heterocycles. The largest absolute Gasteiger partial charge is 0.467 e. The maximum atomic E-state index is 13.2. The van der Waals surface area contributed by atoms with Gasteiger partial charge in [0.2, 0.25) is 6.29 Å². The summed E-state index contributed by atoms with van der Waals surface area (Å²) in [5.74, 6) is -0.408. The molecule has 2 aliphatic carbocycles. The number of carbonyl (C=O) groups is 1. The lowest BCUT2D eigenvalue weighted by atomic mass is 9.83. The van der Waals surface area contributed by atoms with Gasteiger partial charge in [-0.25, -0.2) is 4.99 Å². The van der Waals surface area contributed by atoms with Crippen LogP contribution in [0.2, 0.25) is 0 Å². The quantitative estimate of drug-likeness (QED) is 0.0763. The fourth-order valence-electron chi connectivity index (χ4n) is 5.87. The van der Waals surface area contributed by atoms with Gasteiger partial charge in [-0.15, -0.1) is 0 Å². The minimum absolute atomic E-state index is 0.00164. The molecule has 3 fully saturated rings. The first-order valence-corrected chi connectivity index (χ1v) is 14.6. The maximum Gasteiger partial charge on any atom is 0.254 e. The monoisotopic (exact) mass is 616 g/mol. The summed E-state index contributed by atoms with van der Waals surface area (Å²) in [6, 6.07) is -3.99. The van der Waals surface area contributed by atoms with Crippen LogP contribution in [-0.4, -0.2) is 137 Å². The summed E-state index contributed by atoms with van der Waals surface area (Å²) in [7, 11) is 1.57. The van der Waals surface area contributed by atoms with Crippen molar-refractivity contribution >= 4 is 11.9 Å². The number of hydrogen-bond acceptors (Lipinski definition) is 14. The topological polar surface area (TPSA) is 287 Å². The number of rotatable bonds is 11. The van der Waals surface area contributed by atoms with Gasteiger partial charge in [0.05, 0.1) is 37.3 Å². The fraction of sp³-hybridized carbons (Fsp3) is 0.846. The molecular formula is C26H48N8O9. The SMILES string of the molecule is CCNCC1=CCC(N)C(OC2C(N)CC(NC(=O)C3(O)CC3N=C(N)N)C(OC3OCC(C)(O)C(NC)C3O)C2O)O1. The average molecular weight is 617 g/mol. The smallest absolute Gasteiger partial charge is 0.254 e. The van der Waals surface area contributed by atoms with Crippen LogP contribution in [0, 0.1) is 0 Å². The van der Waals surface area contributed by atoms with E-state index >= 15 is 0 Å². The van der Waals surface area contributed by atoms with Crippen LogP contribution in [0.15, 0.2) is 16.8 Å². The summed E-state index contributed by atoms with van der Waals surface area (Å²) < 4.78 is 23.9. The summed E-state index contributed by atoms with van der Waals surface area (Å²) in [6.07, 6.45) is -4.99. The van der Waals surface area contributed by atoms with Gasteiger partial charge in [-0.1, -0.05) is 6.92 Å². The van der Waals surface area contributed by atoms with E-state index in [0.29, 0.717) is 18.7 Å². The van der Waals surface area contributed by atoms with E-state index in [-0.39, 0.29) is 25.4 Å². The highest BCUT2D eigenvalue weighted by atomic mass is 16.7. The molecule has 0 bridgehead atoms. The third-order valence-corrected chi connectivity index (χ3v) is 8.44. The Morgan fingerprint density at radius 1 is 1.14 bits per heavy atom. The first kappa shape index (κ1) is 33.7. The number of nitrogens with zero attached hydrogens (tertiary/aromatic N) is 1. The van der Waals surface area contributed by atoms with Crippen LogP contribution in [0.5, 0.6) is 0 Å². The highest BCUT2D eigenvalue weighted by molar-refractivity contribution is 5.90. The van der Waals surface area contributed by atoms with Crippen LogP contribution in [0.4, 0.5) is 0 Å². The van der Waals surface area contributed by atoms with Crippen LogP contribution in [0.3, 0.4) is 0 Å². The van der Waals surface area contributed by atoms with Crippen LogP contribution in [-0.2, 0) is 23.7 Å². The van der Waals surface area contributed by atoms with E-state index < -0.39 is 84.3 Å². The molecule has 4 rings (SSSR count).